The molecule has 0 saturated heterocycles. The third-order valence-corrected chi connectivity index (χ3v) is 5.14. The summed E-state index contributed by atoms with van der Waals surface area (Å²) in [4.78, 5) is 11.5. The van der Waals surface area contributed by atoms with Crippen molar-refractivity contribution in [3.05, 3.63) is 40.8 Å². The highest BCUT2D eigenvalue weighted by molar-refractivity contribution is 7.89. The Morgan fingerprint density at radius 1 is 1.28 bits per heavy atom. The fourth-order valence-corrected chi connectivity index (χ4v) is 3.60. The number of carbonyl (C=O) groups excluding carboxylic acids is 1. The summed E-state index contributed by atoms with van der Waals surface area (Å²) in [5.41, 5.74) is 2.41. The van der Waals surface area contributed by atoms with Gasteiger partial charge < -0.3 is 9.84 Å². The van der Waals surface area contributed by atoms with Crippen molar-refractivity contribution in [1.82, 2.24) is 9.88 Å². The Balaban J connectivity index is 2.36. The molecule has 25 heavy (non-hydrogen) atoms. The van der Waals surface area contributed by atoms with Gasteiger partial charge in [0.2, 0.25) is 15.9 Å². The second-order valence-electron chi connectivity index (χ2n) is 5.55. The van der Waals surface area contributed by atoms with Crippen LogP contribution in [-0.2, 0) is 14.8 Å². The molecule has 0 aliphatic rings. The van der Waals surface area contributed by atoms with Gasteiger partial charge in [-0.3, -0.25) is 4.79 Å². The molecule has 0 saturated carbocycles. The molecule has 2 N–H and O–H groups in total. The smallest absolute Gasteiger partial charge is 0.240 e. The second kappa shape index (κ2) is 7.62. The maximum atomic E-state index is 12.2. The van der Waals surface area contributed by atoms with E-state index >= 15 is 0 Å². The Labute approximate surface area is 147 Å². The Morgan fingerprint density at radius 3 is 2.64 bits per heavy atom. The van der Waals surface area contributed by atoms with Crippen molar-refractivity contribution in [2.24, 2.45) is 0 Å². The summed E-state index contributed by atoms with van der Waals surface area (Å²) in [6, 6.07) is 5.13. The number of amides is 1. The summed E-state index contributed by atoms with van der Waals surface area (Å²) in [6.07, 6.45) is 3.34. The number of hydrogen-bond donors (Lipinski definition) is 2. The van der Waals surface area contributed by atoms with Gasteiger partial charge in [-0.25, -0.2) is 13.1 Å². The molecule has 1 aromatic heterocycles. The molecule has 0 spiro atoms. The van der Waals surface area contributed by atoms with E-state index in [-0.39, 0.29) is 10.8 Å². The molecule has 1 amide bonds. The maximum Gasteiger partial charge on any atom is 0.240 e. The van der Waals surface area contributed by atoms with Gasteiger partial charge >= 0.3 is 0 Å². The lowest BCUT2D eigenvalue weighted by molar-refractivity contribution is -0.114. The summed E-state index contributed by atoms with van der Waals surface area (Å²) < 4.78 is 32.2. The molecule has 0 aliphatic carbocycles. The first-order valence-corrected chi connectivity index (χ1v) is 9.25. The number of anilines is 1. The number of hydrogen-bond acceptors (Lipinski definition) is 5. The van der Waals surface area contributed by atoms with Crippen molar-refractivity contribution >= 4 is 33.8 Å². The number of aryl methyl sites for hydroxylation is 2. The first kappa shape index (κ1) is 18.9. The quantitative estimate of drug-likeness (QED) is 0.822. The van der Waals surface area contributed by atoms with E-state index in [1.54, 1.807) is 51.1 Å². The molecule has 8 heteroatoms. The molecular formula is C17H21N3O4S. The number of aromatic nitrogens is 1. The van der Waals surface area contributed by atoms with Gasteiger partial charge in [-0.15, -0.1) is 0 Å². The van der Waals surface area contributed by atoms with Gasteiger partial charge in [-0.1, -0.05) is 30.3 Å². The van der Waals surface area contributed by atoms with E-state index in [1.165, 1.54) is 6.92 Å². The van der Waals surface area contributed by atoms with Crippen LogP contribution >= 0.6 is 0 Å². The van der Waals surface area contributed by atoms with Gasteiger partial charge in [0, 0.05) is 13.5 Å². The molecule has 0 atom stereocenters. The van der Waals surface area contributed by atoms with Crippen LogP contribution < -0.4 is 10.0 Å². The van der Waals surface area contributed by atoms with Crippen LogP contribution in [-0.4, -0.2) is 26.0 Å². The van der Waals surface area contributed by atoms with Crippen LogP contribution in [0.15, 0.2) is 27.6 Å². The van der Waals surface area contributed by atoms with Gasteiger partial charge in [0.1, 0.15) is 11.4 Å². The highest BCUT2D eigenvalue weighted by Gasteiger charge is 2.16. The lowest BCUT2D eigenvalue weighted by atomic mass is 10.1. The molecule has 0 bridgehead atoms. The number of nitrogens with one attached hydrogen (secondary N) is 2. The van der Waals surface area contributed by atoms with Crippen molar-refractivity contribution in [3.8, 4) is 0 Å². The molecule has 134 valence electrons. The van der Waals surface area contributed by atoms with Crippen molar-refractivity contribution in [1.29, 1.82) is 0 Å². The zero-order valence-electron chi connectivity index (χ0n) is 14.6. The highest BCUT2D eigenvalue weighted by atomic mass is 32.2. The van der Waals surface area contributed by atoms with Crippen LogP contribution in [0.2, 0.25) is 0 Å². The number of carbonyl (C=O) groups is 1. The SMILES string of the molecule is CCNS(=O)(=O)c1cc(/C=C\c2onc(C)c2NC(C)=O)ccc1C. The summed E-state index contributed by atoms with van der Waals surface area (Å²) in [5, 5.41) is 6.50. The van der Waals surface area contributed by atoms with Crippen molar-refractivity contribution < 1.29 is 17.7 Å². The summed E-state index contributed by atoms with van der Waals surface area (Å²) in [6.45, 7) is 6.91. The van der Waals surface area contributed by atoms with Gasteiger partial charge in [-0.05, 0) is 37.1 Å². The minimum atomic E-state index is -3.54. The third-order valence-electron chi connectivity index (χ3n) is 3.45. The van der Waals surface area contributed by atoms with Crippen LogP contribution in [0, 0.1) is 13.8 Å². The number of sulfonamides is 1. The predicted molar refractivity (Wildman–Crippen MR) is 96.5 cm³/mol. The predicted octanol–water partition coefficient (Wildman–Crippen LogP) is 2.72. The monoisotopic (exact) mass is 363 g/mol. The fraction of sp³-hybridized carbons (Fsp3) is 0.294. The molecule has 2 rings (SSSR count). The van der Waals surface area contributed by atoms with E-state index in [1.807, 2.05) is 0 Å². The molecule has 0 fully saturated rings. The first-order chi connectivity index (χ1) is 11.7. The fourth-order valence-electron chi connectivity index (χ4n) is 2.28. The molecular weight excluding hydrogens is 342 g/mol. The Morgan fingerprint density at radius 2 is 2.00 bits per heavy atom. The zero-order valence-corrected chi connectivity index (χ0v) is 15.4. The normalized spacial score (nSPS) is 11.8. The van der Waals surface area contributed by atoms with Crippen molar-refractivity contribution in [3.63, 3.8) is 0 Å². The molecule has 1 aromatic carbocycles. The third kappa shape index (κ3) is 4.55. The van der Waals surface area contributed by atoms with E-state index in [9.17, 15) is 13.2 Å². The largest absolute Gasteiger partial charge is 0.354 e. The van der Waals surface area contributed by atoms with Crippen molar-refractivity contribution in [2.45, 2.75) is 32.6 Å². The molecule has 0 unspecified atom stereocenters. The van der Waals surface area contributed by atoms with Gasteiger partial charge in [-0.2, -0.15) is 0 Å². The average molecular weight is 363 g/mol. The standard InChI is InChI=1S/C17H21N3O4S/c1-5-18-25(22,23)16-10-14(7-6-11(16)2)8-9-15-17(19-13(4)21)12(3)20-24-15/h6-10,18H,5H2,1-4H3,(H,19,21)/b9-8-. The van der Waals surface area contributed by atoms with Crippen molar-refractivity contribution in [2.75, 3.05) is 11.9 Å². The highest BCUT2D eigenvalue weighted by Crippen LogP contribution is 2.23. The minimum absolute atomic E-state index is 0.227. The van der Waals surface area contributed by atoms with E-state index < -0.39 is 10.0 Å². The van der Waals surface area contributed by atoms with Crippen LogP contribution in [0.4, 0.5) is 5.69 Å². The summed E-state index contributed by atoms with van der Waals surface area (Å²) >= 11 is 0. The Bertz CT molecular complexity index is 914. The van der Waals surface area contributed by atoms with Gasteiger partial charge in [0.25, 0.3) is 0 Å². The van der Waals surface area contributed by atoms with Gasteiger partial charge in [0.15, 0.2) is 5.76 Å². The van der Waals surface area contributed by atoms with E-state index in [2.05, 4.69) is 15.2 Å². The molecule has 0 aliphatic heterocycles. The second-order valence-corrected chi connectivity index (χ2v) is 7.28. The lowest BCUT2D eigenvalue weighted by Gasteiger charge is -2.08. The van der Waals surface area contributed by atoms with E-state index in [0.717, 1.165) is 0 Å². The van der Waals surface area contributed by atoms with Crippen LogP contribution in [0.25, 0.3) is 12.2 Å². The number of rotatable bonds is 6. The van der Waals surface area contributed by atoms with Crippen LogP contribution in [0.5, 0.6) is 0 Å². The van der Waals surface area contributed by atoms with E-state index in [4.69, 9.17) is 4.52 Å². The average Bonchev–Trinajstić information content (AvgIpc) is 2.86. The Hall–Kier alpha value is -2.45. The molecule has 2 aromatic rings. The number of nitrogens with zero attached hydrogens (tertiary/aromatic N) is 1. The maximum absolute atomic E-state index is 12.2. The van der Waals surface area contributed by atoms with E-state index in [0.29, 0.717) is 34.8 Å². The minimum Gasteiger partial charge on any atom is -0.354 e. The zero-order chi connectivity index (χ0) is 18.6. The topological polar surface area (TPSA) is 101 Å². The first-order valence-electron chi connectivity index (χ1n) is 7.77. The lowest BCUT2D eigenvalue weighted by Crippen LogP contribution is -2.23. The Kier molecular flexibility index (Phi) is 5.76. The molecule has 0 radical (unpaired) electrons. The van der Waals surface area contributed by atoms with Gasteiger partial charge in [0.05, 0.1) is 4.90 Å². The summed E-state index contributed by atoms with van der Waals surface area (Å²) in [5.74, 6) is 0.166. The molecule has 1 heterocycles. The molecule has 7 nitrogen and oxygen atoms in total. The number of benzene rings is 1. The van der Waals surface area contributed by atoms with Crippen LogP contribution in [0.3, 0.4) is 0 Å². The van der Waals surface area contributed by atoms with Crippen LogP contribution in [0.1, 0.15) is 36.4 Å². The summed E-state index contributed by atoms with van der Waals surface area (Å²) in [7, 11) is -3.54.